The Morgan fingerprint density at radius 2 is 1.79 bits per heavy atom. The first-order chi connectivity index (χ1) is 6.79. The zero-order valence-corrected chi connectivity index (χ0v) is 9.05. The van der Waals surface area contributed by atoms with E-state index in [2.05, 4.69) is 5.32 Å². The third kappa shape index (κ3) is 2.69. The Kier molecular flexibility index (Phi) is 3.42. The first-order valence-corrected chi connectivity index (χ1v) is 5.80. The van der Waals surface area contributed by atoms with Crippen LogP contribution in [0.1, 0.15) is 39.0 Å². The average molecular weight is 199 g/mol. The van der Waals surface area contributed by atoms with Gasteiger partial charge in [-0.3, -0.25) is 0 Å². The van der Waals surface area contributed by atoms with Crippen LogP contribution in [-0.2, 0) is 9.47 Å². The summed E-state index contributed by atoms with van der Waals surface area (Å²) in [6, 6.07) is 0.688. The fourth-order valence-electron chi connectivity index (χ4n) is 2.30. The minimum Gasteiger partial charge on any atom is -0.347 e. The molecule has 0 bridgehead atoms. The van der Waals surface area contributed by atoms with Crippen molar-refractivity contribution in [2.24, 2.45) is 0 Å². The quantitative estimate of drug-likeness (QED) is 0.750. The fourth-order valence-corrected chi connectivity index (χ4v) is 2.30. The van der Waals surface area contributed by atoms with E-state index in [9.17, 15) is 0 Å². The van der Waals surface area contributed by atoms with Gasteiger partial charge >= 0.3 is 0 Å². The van der Waals surface area contributed by atoms with Crippen molar-refractivity contribution in [2.75, 3.05) is 19.8 Å². The lowest BCUT2D eigenvalue weighted by molar-refractivity contribution is -0.139. The zero-order valence-electron chi connectivity index (χ0n) is 9.05. The molecule has 3 nitrogen and oxygen atoms in total. The first kappa shape index (κ1) is 10.4. The molecule has 0 aromatic carbocycles. The molecule has 82 valence electrons. The van der Waals surface area contributed by atoms with Gasteiger partial charge in [-0.2, -0.15) is 0 Å². The predicted octanol–water partition coefficient (Wildman–Crippen LogP) is 1.67. The monoisotopic (exact) mass is 199 g/mol. The smallest absolute Gasteiger partial charge is 0.178 e. The second kappa shape index (κ2) is 4.60. The second-order valence-electron chi connectivity index (χ2n) is 4.55. The van der Waals surface area contributed by atoms with E-state index in [1.807, 2.05) is 6.92 Å². The van der Waals surface area contributed by atoms with Gasteiger partial charge in [0, 0.05) is 12.6 Å². The highest BCUT2D eigenvalue weighted by Gasteiger charge is 2.31. The summed E-state index contributed by atoms with van der Waals surface area (Å²) in [6.45, 7) is 4.33. The Hall–Kier alpha value is -0.120. The molecule has 3 heteroatoms. The van der Waals surface area contributed by atoms with Gasteiger partial charge in [-0.15, -0.1) is 0 Å². The van der Waals surface area contributed by atoms with Gasteiger partial charge in [-0.05, 0) is 19.8 Å². The Morgan fingerprint density at radius 3 is 2.43 bits per heavy atom. The van der Waals surface area contributed by atoms with E-state index in [1.165, 1.54) is 32.1 Å². The minimum atomic E-state index is -0.364. The number of nitrogens with one attached hydrogen (secondary N) is 1. The van der Waals surface area contributed by atoms with Crippen molar-refractivity contribution >= 4 is 0 Å². The van der Waals surface area contributed by atoms with Crippen molar-refractivity contribution in [1.82, 2.24) is 5.32 Å². The van der Waals surface area contributed by atoms with Crippen LogP contribution in [0.4, 0.5) is 0 Å². The molecule has 14 heavy (non-hydrogen) atoms. The Morgan fingerprint density at radius 1 is 1.14 bits per heavy atom. The summed E-state index contributed by atoms with van der Waals surface area (Å²) in [4.78, 5) is 0. The van der Waals surface area contributed by atoms with E-state index >= 15 is 0 Å². The predicted molar refractivity (Wildman–Crippen MR) is 55.2 cm³/mol. The maximum absolute atomic E-state index is 5.55. The fraction of sp³-hybridized carbons (Fsp3) is 1.00. The lowest BCUT2D eigenvalue weighted by Gasteiger charge is -2.28. The summed E-state index contributed by atoms with van der Waals surface area (Å²) in [7, 11) is 0. The van der Waals surface area contributed by atoms with E-state index in [4.69, 9.17) is 9.47 Å². The molecule has 1 N–H and O–H groups in total. The molecule has 0 radical (unpaired) electrons. The maximum atomic E-state index is 5.55. The maximum Gasteiger partial charge on any atom is 0.178 e. The lowest BCUT2D eigenvalue weighted by atomic mass is 9.95. The molecule has 0 aromatic rings. The van der Waals surface area contributed by atoms with E-state index in [-0.39, 0.29) is 5.79 Å². The number of rotatable bonds is 3. The van der Waals surface area contributed by atoms with Crippen molar-refractivity contribution in [3.63, 3.8) is 0 Å². The molecule has 0 unspecified atom stereocenters. The Balaban J connectivity index is 1.70. The van der Waals surface area contributed by atoms with Crippen molar-refractivity contribution < 1.29 is 9.47 Å². The van der Waals surface area contributed by atoms with Crippen LogP contribution in [0.2, 0.25) is 0 Å². The Labute approximate surface area is 86.2 Å². The van der Waals surface area contributed by atoms with E-state index < -0.39 is 0 Å². The molecule has 0 amide bonds. The van der Waals surface area contributed by atoms with Gasteiger partial charge < -0.3 is 14.8 Å². The molecule has 0 aromatic heterocycles. The van der Waals surface area contributed by atoms with E-state index in [0.717, 1.165) is 19.8 Å². The Bertz CT molecular complexity index is 172. The third-order valence-electron chi connectivity index (χ3n) is 3.22. The van der Waals surface area contributed by atoms with Crippen LogP contribution in [0.5, 0.6) is 0 Å². The van der Waals surface area contributed by atoms with Crippen LogP contribution in [0.15, 0.2) is 0 Å². The van der Waals surface area contributed by atoms with Crippen LogP contribution in [-0.4, -0.2) is 31.6 Å². The second-order valence-corrected chi connectivity index (χ2v) is 4.55. The number of ether oxygens (including phenoxy) is 2. The molecule has 2 fully saturated rings. The standard InChI is InChI=1S/C11H21NO2/c1-11(13-7-8-14-11)9-12-10-5-3-2-4-6-10/h10,12H,2-9H2,1H3. The number of hydrogen-bond donors (Lipinski definition) is 1. The van der Waals surface area contributed by atoms with Gasteiger partial charge in [0.25, 0.3) is 0 Å². The summed E-state index contributed by atoms with van der Waals surface area (Å²) in [5, 5.41) is 3.55. The van der Waals surface area contributed by atoms with Crippen LogP contribution >= 0.6 is 0 Å². The first-order valence-electron chi connectivity index (χ1n) is 5.80. The molecule has 2 rings (SSSR count). The van der Waals surface area contributed by atoms with Crippen molar-refractivity contribution in [1.29, 1.82) is 0 Å². The van der Waals surface area contributed by atoms with E-state index in [0.29, 0.717) is 6.04 Å². The summed E-state index contributed by atoms with van der Waals surface area (Å²) < 4.78 is 11.1. The van der Waals surface area contributed by atoms with Crippen molar-refractivity contribution in [3.05, 3.63) is 0 Å². The third-order valence-corrected chi connectivity index (χ3v) is 3.22. The van der Waals surface area contributed by atoms with Crippen LogP contribution < -0.4 is 5.32 Å². The van der Waals surface area contributed by atoms with Crippen LogP contribution in [0, 0.1) is 0 Å². The normalized spacial score (nSPS) is 28.1. The molecule has 1 aliphatic carbocycles. The number of hydrogen-bond acceptors (Lipinski definition) is 3. The highest BCUT2D eigenvalue weighted by molar-refractivity contribution is 4.77. The lowest BCUT2D eigenvalue weighted by Crippen LogP contribution is -2.43. The van der Waals surface area contributed by atoms with Gasteiger partial charge in [0.05, 0.1) is 13.2 Å². The molecule has 1 heterocycles. The molecule has 1 saturated carbocycles. The summed E-state index contributed by atoms with van der Waals surface area (Å²) in [5.74, 6) is -0.364. The minimum absolute atomic E-state index is 0.364. The van der Waals surface area contributed by atoms with Crippen LogP contribution in [0.25, 0.3) is 0 Å². The zero-order chi connectivity index (χ0) is 9.86. The molecular weight excluding hydrogens is 178 g/mol. The average Bonchev–Trinajstić information content (AvgIpc) is 2.65. The summed E-state index contributed by atoms with van der Waals surface area (Å²) >= 11 is 0. The van der Waals surface area contributed by atoms with E-state index in [1.54, 1.807) is 0 Å². The van der Waals surface area contributed by atoms with Gasteiger partial charge in [0.15, 0.2) is 5.79 Å². The molecule has 1 saturated heterocycles. The van der Waals surface area contributed by atoms with Crippen LogP contribution in [0.3, 0.4) is 0 Å². The van der Waals surface area contributed by atoms with Crippen molar-refractivity contribution in [3.8, 4) is 0 Å². The SMILES string of the molecule is CC1(CNC2CCCCC2)OCCO1. The van der Waals surface area contributed by atoms with Gasteiger partial charge in [-0.1, -0.05) is 19.3 Å². The van der Waals surface area contributed by atoms with Crippen molar-refractivity contribution in [2.45, 2.75) is 50.9 Å². The van der Waals surface area contributed by atoms with Gasteiger partial charge in [0.2, 0.25) is 0 Å². The molecule has 1 aliphatic heterocycles. The summed E-state index contributed by atoms with van der Waals surface area (Å²) in [6.07, 6.45) is 6.78. The largest absolute Gasteiger partial charge is 0.347 e. The molecule has 0 spiro atoms. The topological polar surface area (TPSA) is 30.5 Å². The molecule has 0 atom stereocenters. The highest BCUT2D eigenvalue weighted by Crippen LogP contribution is 2.20. The van der Waals surface area contributed by atoms with Gasteiger partial charge in [-0.25, -0.2) is 0 Å². The van der Waals surface area contributed by atoms with Gasteiger partial charge in [0.1, 0.15) is 0 Å². The molecular formula is C11H21NO2. The molecule has 2 aliphatic rings. The summed E-state index contributed by atoms with van der Waals surface area (Å²) in [5.41, 5.74) is 0. The highest BCUT2D eigenvalue weighted by atomic mass is 16.7.